The molecular weight excluding hydrogens is 502 g/mol. The topological polar surface area (TPSA) is 109 Å². The van der Waals surface area contributed by atoms with Crippen molar-refractivity contribution in [1.82, 2.24) is 0 Å². The third-order valence-electron chi connectivity index (χ3n) is 5.30. The van der Waals surface area contributed by atoms with Gasteiger partial charge in [0.05, 0.1) is 18.8 Å². The van der Waals surface area contributed by atoms with Gasteiger partial charge in [-0.15, -0.1) is 0 Å². The fourth-order valence-corrected chi connectivity index (χ4v) is 3.37. The highest BCUT2D eigenvalue weighted by Gasteiger charge is 2.14. The molecule has 0 spiro atoms. The molecule has 0 aliphatic rings. The lowest BCUT2D eigenvalue weighted by Gasteiger charge is -2.18. The maximum Gasteiger partial charge on any atom is 0.343 e. The molecule has 3 rings (SSSR count). The van der Waals surface area contributed by atoms with Crippen LogP contribution in [0.2, 0.25) is 0 Å². The van der Waals surface area contributed by atoms with E-state index in [-0.39, 0.29) is 5.91 Å². The first kappa shape index (κ1) is 28.9. The molecule has 1 atom stereocenters. The number of carbonyl (C=O) groups excluding carboxylic acids is 3. The highest BCUT2D eigenvalue weighted by molar-refractivity contribution is 5.91. The van der Waals surface area contributed by atoms with Crippen molar-refractivity contribution >= 4 is 23.5 Å². The van der Waals surface area contributed by atoms with E-state index in [9.17, 15) is 14.4 Å². The van der Waals surface area contributed by atoms with Gasteiger partial charge in [-0.2, -0.15) is 0 Å². The van der Waals surface area contributed by atoms with E-state index in [1.807, 2.05) is 0 Å². The Morgan fingerprint density at radius 1 is 0.846 bits per heavy atom. The van der Waals surface area contributed by atoms with E-state index in [1.54, 1.807) is 72.8 Å². The zero-order valence-corrected chi connectivity index (χ0v) is 21.9. The number of esters is 2. The van der Waals surface area contributed by atoms with Gasteiger partial charge in [0.15, 0.2) is 0 Å². The van der Waals surface area contributed by atoms with Crippen molar-refractivity contribution in [1.29, 1.82) is 0 Å². The average Bonchev–Trinajstić information content (AvgIpc) is 2.94. The molecule has 0 radical (unpaired) electrons. The normalized spacial score (nSPS) is 11.1. The Morgan fingerprint density at radius 3 is 2.08 bits per heavy atom. The third kappa shape index (κ3) is 9.64. The van der Waals surface area contributed by atoms with Gasteiger partial charge in [-0.1, -0.05) is 18.7 Å². The van der Waals surface area contributed by atoms with Gasteiger partial charge < -0.3 is 29.0 Å². The molecule has 9 heteroatoms. The van der Waals surface area contributed by atoms with Crippen molar-refractivity contribution < 1.29 is 38.1 Å². The van der Waals surface area contributed by atoms with Crippen molar-refractivity contribution in [2.45, 2.75) is 26.1 Å². The molecule has 204 valence electrons. The van der Waals surface area contributed by atoms with Crippen molar-refractivity contribution in [2.24, 2.45) is 0 Å². The molecule has 1 unspecified atom stereocenters. The molecule has 0 saturated heterocycles. The first-order valence-corrected chi connectivity index (χ1v) is 12.3. The van der Waals surface area contributed by atoms with Crippen LogP contribution in [-0.2, 0) is 19.1 Å². The zero-order valence-electron chi connectivity index (χ0n) is 21.9. The maximum absolute atomic E-state index is 12.5. The van der Waals surface area contributed by atoms with Crippen molar-refractivity contribution in [3.63, 3.8) is 0 Å². The van der Waals surface area contributed by atoms with Gasteiger partial charge in [-0.3, -0.25) is 4.79 Å². The quantitative estimate of drug-likeness (QED) is 0.0954. The Labute approximate surface area is 227 Å². The highest BCUT2D eigenvalue weighted by Crippen LogP contribution is 2.26. The lowest BCUT2D eigenvalue weighted by molar-refractivity contribution is -0.137. The number of carbonyl (C=O) groups is 3. The molecule has 0 saturated carbocycles. The Bertz CT molecular complexity index is 1240. The molecule has 0 bridgehead atoms. The standard InChI is InChI=1S/C30H31NO8/c1-4-28(33)37-20-6-5-19-36-25-13-9-22(10-14-25)29(34)38-26-15-17-27(18-16-26)39-30(35-3)23-7-11-24(12-8-23)31-21(2)32/h4,7-18,30H,1,5-6,19-20H2,2-3H3,(H,31,32). The summed E-state index contributed by atoms with van der Waals surface area (Å²) >= 11 is 0. The number of hydrogen-bond acceptors (Lipinski definition) is 8. The summed E-state index contributed by atoms with van der Waals surface area (Å²) in [5.41, 5.74) is 1.82. The van der Waals surface area contributed by atoms with E-state index in [1.165, 1.54) is 14.0 Å². The first-order valence-electron chi connectivity index (χ1n) is 12.3. The predicted molar refractivity (Wildman–Crippen MR) is 145 cm³/mol. The van der Waals surface area contributed by atoms with Crippen LogP contribution in [0.4, 0.5) is 5.69 Å². The molecule has 39 heavy (non-hydrogen) atoms. The lowest BCUT2D eigenvalue weighted by Crippen LogP contribution is -2.11. The third-order valence-corrected chi connectivity index (χ3v) is 5.30. The fourth-order valence-electron chi connectivity index (χ4n) is 3.37. The van der Waals surface area contributed by atoms with Gasteiger partial charge in [0, 0.05) is 31.4 Å². The highest BCUT2D eigenvalue weighted by atomic mass is 16.7. The van der Waals surface area contributed by atoms with Crippen molar-refractivity contribution in [2.75, 3.05) is 25.6 Å². The number of amides is 1. The van der Waals surface area contributed by atoms with E-state index in [4.69, 9.17) is 23.7 Å². The van der Waals surface area contributed by atoms with Crippen LogP contribution in [-0.4, -0.2) is 38.2 Å². The Balaban J connectivity index is 1.46. The number of methoxy groups -OCH3 is 1. The molecule has 3 aromatic carbocycles. The average molecular weight is 534 g/mol. The second-order valence-corrected chi connectivity index (χ2v) is 8.30. The minimum Gasteiger partial charge on any atom is -0.494 e. The summed E-state index contributed by atoms with van der Waals surface area (Å²) in [4.78, 5) is 34.7. The number of ether oxygens (including phenoxy) is 5. The lowest BCUT2D eigenvalue weighted by atomic mass is 10.2. The van der Waals surface area contributed by atoms with Crippen LogP contribution in [0.15, 0.2) is 85.5 Å². The van der Waals surface area contributed by atoms with Crippen LogP contribution >= 0.6 is 0 Å². The summed E-state index contributed by atoms with van der Waals surface area (Å²) < 4.78 is 27.4. The van der Waals surface area contributed by atoms with Gasteiger partial charge in [0.2, 0.25) is 12.2 Å². The van der Waals surface area contributed by atoms with E-state index in [0.29, 0.717) is 54.6 Å². The van der Waals surface area contributed by atoms with Gasteiger partial charge in [0.1, 0.15) is 17.2 Å². The summed E-state index contributed by atoms with van der Waals surface area (Å²) in [6.45, 7) is 5.55. The molecule has 0 aromatic heterocycles. The van der Waals surface area contributed by atoms with Gasteiger partial charge in [-0.05, 0) is 73.5 Å². The van der Waals surface area contributed by atoms with Gasteiger partial charge >= 0.3 is 11.9 Å². The monoisotopic (exact) mass is 533 g/mol. The molecule has 3 aromatic rings. The van der Waals surface area contributed by atoms with Crippen LogP contribution in [0.1, 0.15) is 42.0 Å². The number of hydrogen-bond donors (Lipinski definition) is 1. The number of rotatable bonds is 14. The molecule has 1 N–H and O–H groups in total. The van der Waals surface area contributed by atoms with E-state index >= 15 is 0 Å². The second kappa shape index (κ2) is 14.9. The zero-order chi connectivity index (χ0) is 28.0. The Hall–Kier alpha value is -4.63. The smallest absolute Gasteiger partial charge is 0.343 e. The molecule has 0 heterocycles. The van der Waals surface area contributed by atoms with Crippen molar-refractivity contribution in [3.05, 3.63) is 96.6 Å². The minimum absolute atomic E-state index is 0.150. The van der Waals surface area contributed by atoms with E-state index < -0.39 is 18.2 Å². The van der Waals surface area contributed by atoms with Crippen LogP contribution in [0.25, 0.3) is 0 Å². The van der Waals surface area contributed by atoms with Gasteiger partial charge in [-0.25, -0.2) is 9.59 Å². The van der Waals surface area contributed by atoms with Gasteiger partial charge in [0.25, 0.3) is 0 Å². The summed E-state index contributed by atoms with van der Waals surface area (Å²) in [5.74, 6) is 0.405. The predicted octanol–water partition coefficient (Wildman–Crippen LogP) is 5.48. The molecule has 1 amide bonds. The molecule has 0 aliphatic heterocycles. The van der Waals surface area contributed by atoms with Crippen molar-refractivity contribution in [3.8, 4) is 17.2 Å². The number of anilines is 1. The maximum atomic E-state index is 12.5. The summed E-state index contributed by atoms with van der Waals surface area (Å²) in [6, 6.07) is 20.4. The fraction of sp³-hybridized carbons (Fsp3) is 0.233. The molecule has 9 nitrogen and oxygen atoms in total. The Morgan fingerprint density at radius 2 is 1.46 bits per heavy atom. The number of nitrogens with one attached hydrogen (secondary N) is 1. The summed E-state index contributed by atoms with van der Waals surface area (Å²) in [5, 5.41) is 2.71. The van der Waals surface area contributed by atoms with Crippen LogP contribution < -0.4 is 19.5 Å². The first-order chi connectivity index (χ1) is 18.9. The minimum atomic E-state index is -0.666. The SMILES string of the molecule is C=CC(=O)OCCCCOc1ccc(C(=O)Oc2ccc(OC(OC)c3ccc(NC(C)=O)cc3)cc2)cc1. The van der Waals surface area contributed by atoms with Crippen LogP contribution in [0, 0.1) is 0 Å². The number of benzene rings is 3. The number of unbranched alkanes of at least 4 members (excludes halogenated alkanes) is 1. The van der Waals surface area contributed by atoms with Crippen LogP contribution in [0.5, 0.6) is 17.2 Å². The van der Waals surface area contributed by atoms with E-state index in [2.05, 4.69) is 11.9 Å². The molecular formula is C30H31NO8. The van der Waals surface area contributed by atoms with E-state index in [0.717, 1.165) is 11.6 Å². The Kier molecular flexibility index (Phi) is 11.1. The molecule has 0 fully saturated rings. The summed E-state index contributed by atoms with van der Waals surface area (Å²) in [7, 11) is 1.53. The second-order valence-electron chi connectivity index (χ2n) is 8.30. The largest absolute Gasteiger partial charge is 0.494 e. The summed E-state index contributed by atoms with van der Waals surface area (Å²) in [6.07, 6.45) is 1.85. The van der Waals surface area contributed by atoms with Crippen LogP contribution in [0.3, 0.4) is 0 Å². The molecule has 0 aliphatic carbocycles.